The van der Waals surface area contributed by atoms with E-state index in [2.05, 4.69) is 58.1 Å². The van der Waals surface area contributed by atoms with Crippen molar-refractivity contribution < 1.29 is 5.11 Å². The molecule has 3 rings (SSSR count). The highest BCUT2D eigenvalue weighted by molar-refractivity contribution is 5.83. The highest BCUT2D eigenvalue weighted by Crippen LogP contribution is 2.22. The molecule has 2 N–H and O–H groups in total. The maximum Gasteiger partial charge on any atom is 0.208 e. The summed E-state index contributed by atoms with van der Waals surface area (Å²) in [6, 6.07) is 10.4. The van der Waals surface area contributed by atoms with Crippen molar-refractivity contribution >= 4 is 17.0 Å². The lowest BCUT2D eigenvalue weighted by Gasteiger charge is -2.09. The quantitative estimate of drug-likeness (QED) is 0.528. The van der Waals surface area contributed by atoms with Crippen molar-refractivity contribution in [2.45, 2.75) is 39.3 Å². The Balaban J connectivity index is 1.94. The summed E-state index contributed by atoms with van der Waals surface area (Å²) in [5, 5.41) is 12.2. The van der Waals surface area contributed by atoms with Crippen molar-refractivity contribution in [1.29, 1.82) is 0 Å². The summed E-state index contributed by atoms with van der Waals surface area (Å²) in [6.45, 7) is 4.97. The second-order valence-corrected chi connectivity index (χ2v) is 6.28. The number of hydrogen-bond acceptors (Lipinski definition) is 5. The summed E-state index contributed by atoms with van der Waals surface area (Å²) >= 11 is 0. The lowest BCUT2D eigenvalue weighted by Crippen LogP contribution is -2.06. The highest BCUT2D eigenvalue weighted by Gasteiger charge is 2.14. The second kappa shape index (κ2) is 8.45. The molecule has 0 aliphatic carbocycles. The molecule has 6 nitrogen and oxygen atoms in total. The van der Waals surface area contributed by atoms with Gasteiger partial charge in [-0.15, -0.1) is 0 Å². The molecular formula is C20H23N5O. The van der Waals surface area contributed by atoms with E-state index in [9.17, 15) is 0 Å². The van der Waals surface area contributed by atoms with Crippen LogP contribution >= 0.6 is 0 Å². The molecule has 0 fully saturated rings. The molecule has 0 radical (unpaired) electrons. The maximum atomic E-state index is 8.88. The molecule has 0 aliphatic rings. The third kappa shape index (κ3) is 4.19. The molecule has 0 spiro atoms. The number of imidazole rings is 1. The molecule has 0 saturated heterocycles. The highest BCUT2D eigenvalue weighted by atomic mass is 16.2. The number of aliphatic hydroxyl groups is 1. The first-order valence-electron chi connectivity index (χ1n) is 8.81. The van der Waals surface area contributed by atoms with Gasteiger partial charge < -0.3 is 15.0 Å². The number of anilines is 1. The molecule has 0 atom stereocenters. The molecule has 1 aromatic carbocycles. The number of fused-ring (bicyclic) bond motifs is 1. The standard InChI is InChI=1S/C20H23N5O/c1-15(2)25-14-22-18-19(21-13-16-9-5-3-6-10-16)23-17(24-20(18)25)11-7-4-8-12-26/h3,5-6,9-10,14-15,26H,4,8,12-13H2,1-2H3,(H,21,23,24). The normalized spacial score (nSPS) is 10.8. The number of aromatic nitrogens is 4. The summed E-state index contributed by atoms with van der Waals surface area (Å²) in [4.78, 5) is 13.6. The van der Waals surface area contributed by atoms with E-state index in [-0.39, 0.29) is 12.6 Å². The summed E-state index contributed by atoms with van der Waals surface area (Å²) < 4.78 is 2.02. The molecule has 0 saturated carbocycles. The number of rotatable bonds is 6. The fraction of sp³-hybridized carbons (Fsp3) is 0.350. The molecule has 3 aromatic rings. The summed E-state index contributed by atoms with van der Waals surface area (Å²) in [5.41, 5.74) is 2.69. The molecule has 26 heavy (non-hydrogen) atoms. The van der Waals surface area contributed by atoms with Crippen LogP contribution in [0.4, 0.5) is 5.82 Å². The third-order valence-electron chi connectivity index (χ3n) is 3.94. The van der Waals surface area contributed by atoms with E-state index in [4.69, 9.17) is 5.11 Å². The molecule has 0 unspecified atom stereocenters. The average molecular weight is 349 g/mol. The zero-order chi connectivity index (χ0) is 18.4. The van der Waals surface area contributed by atoms with Crippen molar-refractivity contribution in [3.05, 3.63) is 48.0 Å². The van der Waals surface area contributed by atoms with E-state index in [0.29, 0.717) is 31.0 Å². The van der Waals surface area contributed by atoms with E-state index in [1.165, 1.54) is 0 Å². The Morgan fingerprint density at radius 1 is 1.19 bits per heavy atom. The largest absolute Gasteiger partial charge is 0.396 e. The van der Waals surface area contributed by atoms with Crippen LogP contribution in [-0.2, 0) is 6.54 Å². The summed E-state index contributed by atoms with van der Waals surface area (Å²) in [7, 11) is 0. The number of nitrogens with one attached hydrogen (secondary N) is 1. The van der Waals surface area contributed by atoms with Crippen LogP contribution < -0.4 is 5.32 Å². The van der Waals surface area contributed by atoms with Gasteiger partial charge in [0.25, 0.3) is 0 Å². The van der Waals surface area contributed by atoms with E-state index < -0.39 is 0 Å². The average Bonchev–Trinajstić information content (AvgIpc) is 3.08. The molecular weight excluding hydrogens is 326 g/mol. The number of nitrogens with zero attached hydrogens (tertiary/aromatic N) is 4. The van der Waals surface area contributed by atoms with E-state index in [1.807, 2.05) is 22.8 Å². The fourth-order valence-electron chi connectivity index (χ4n) is 2.56. The maximum absolute atomic E-state index is 8.88. The minimum Gasteiger partial charge on any atom is -0.396 e. The lowest BCUT2D eigenvalue weighted by molar-refractivity contribution is 0.290. The topological polar surface area (TPSA) is 75.9 Å². The Hall–Kier alpha value is -2.91. The molecule has 6 heteroatoms. The monoisotopic (exact) mass is 349 g/mol. The van der Waals surface area contributed by atoms with Crippen LogP contribution in [0.3, 0.4) is 0 Å². The van der Waals surface area contributed by atoms with Crippen molar-refractivity contribution in [2.24, 2.45) is 0 Å². The molecule has 0 amide bonds. The Morgan fingerprint density at radius 2 is 2.00 bits per heavy atom. The minimum absolute atomic E-state index is 0.137. The van der Waals surface area contributed by atoms with Crippen molar-refractivity contribution in [3.8, 4) is 11.8 Å². The van der Waals surface area contributed by atoms with Gasteiger partial charge >= 0.3 is 0 Å². The van der Waals surface area contributed by atoms with Gasteiger partial charge in [-0.05, 0) is 31.8 Å². The van der Waals surface area contributed by atoms with Crippen LogP contribution in [0.25, 0.3) is 11.2 Å². The number of benzene rings is 1. The van der Waals surface area contributed by atoms with Crippen LogP contribution in [0.5, 0.6) is 0 Å². The first kappa shape index (κ1) is 17.9. The van der Waals surface area contributed by atoms with Gasteiger partial charge in [0.1, 0.15) is 0 Å². The minimum atomic E-state index is 0.137. The van der Waals surface area contributed by atoms with Gasteiger partial charge in [-0.2, -0.15) is 0 Å². The van der Waals surface area contributed by atoms with Crippen LogP contribution in [0.2, 0.25) is 0 Å². The molecule has 134 valence electrons. The van der Waals surface area contributed by atoms with Crippen molar-refractivity contribution in [3.63, 3.8) is 0 Å². The van der Waals surface area contributed by atoms with Crippen LogP contribution in [0.1, 0.15) is 44.1 Å². The predicted molar refractivity (Wildman–Crippen MR) is 103 cm³/mol. The number of unbranched alkanes of at least 4 members (excludes halogenated alkanes) is 1. The SMILES string of the molecule is CC(C)n1cnc2c(NCc3ccccc3)nc(C#CCCCO)nc21. The predicted octanol–water partition coefficient (Wildman–Crippen LogP) is 3.14. The van der Waals surface area contributed by atoms with Crippen molar-refractivity contribution in [1.82, 2.24) is 19.5 Å². The second-order valence-electron chi connectivity index (χ2n) is 6.28. The summed E-state index contributed by atoms with van der Waals surface area (Å²) in [5.74, 6) is 7.17. The van der Waals surface area contributed by atoms with Gasteiger partial charge in [-0.1, -0.05) is 36.3 Å². The Morgan fingerprint density at radius 3 is 2.73 bits per heavy atom. The molecule has 2 heterocycles. The van der Waals surface area contributed by atoms with Crippen LogP contribution in [-0.4, -0.2) is 31.2 Å². The fourth-order valence-corrected chi connectivity index (χ4v) is 2.56. The number of hydrogen-bond donors (Lipinski definition) is 2. The Labute approximate surface area is 153 Å². The van der Waals surface area contributed by atoms with Gasteiger partial charge in [0, 0.05) is 25.6 Å². The van der Waals surface area contributed by atoms with Gasteiger partial charge in [0.2, 0.25) is 5.82 Å². The third-order valence-corrected chi connectivity index (χ3v) is 3.94. The zero-order valence-electron chi connectivity index (χ0n) is 15.1. The first-order valence-corrected chi connectivity index (χ1v) is 8.81. The van der Waals surface area contributed by atoms with Crippen molar-refractivity contribution in [2.75, 3.05) is 11.9 Å². The lowest BCUT2D eigenvalue weighted by atomic mass is 10.2. The smallest absolute Gasteiger partial charge is 0.208 e. The van der Waals surface area contributed by atoms with E-state index in [1.54, 1.807) is 6.33 Å². The Bertz CT molecular complexity index is 922. The summed E-state index contributed by atoms with van der Waals surface area (Å²) in [6.07, 6.45) is 3.06. The first-order chi connectivity index (χ1) is 12.7. The molecule has 0 bridgehead atoms. The van der Waals surface area contributed by atoms with Gasteiger partial charge in [0.05, 0.1) is 6.33 Å². The Kier molecular flexibility index (Phi) is 5.82. The zero-order valence-corrected chi connectivity index (χ0v) is 15.1. The van der Waals surface area contributed by atoms with Gasteiger partial charge in [-0.25, -0.2) is 15.0 Å². The molecule has 2 aromatic heterocycles. The van der Waals surface area contributed by atoms with Crippen LogP contribution in [0, 0.1) is 11.8 Å². The van der Waals surface area contributed by atoms with E-state index in [0.717, 1.165) is 16.7 Å². The van der Waals surface area contributed by atoms with Crippen LogP contribution in [0.15, 0.2) is 36.7 Å². The van der Waals surface area contributed by atoms with Gasteiger partial charge in [0.15, 0.2) is 17.0 Å². The molecule has 0 aliphatic heterocycles. The van der Waals surface area contributed by atoms with E-state index >= 15 is 0 Å². The van der Waals surface area contributed by atoms with Gasteiger partial charge in [-0.3, -0.25) is 0 Å². The number of aliphatic hydroxyl groups excluding tert-OH is 1.